The van der Waals surface area contributed by atoms with E-state index in [0.717, 1.165) is 6.07 Å². The average molecular weight is 375 g/mol. The molecule has 140 valence electrons. The Morgan fingerprint density at radius 3 is 1.85 bits per heavy atom. The van der Waals surface area contributed by atoms with Gasteiger partial charge in [0.25, 0.3) is 0 Å². The minimum absolute atomic E-state index is 0.0111. The van der Waals surface area contributed by atoms with Gasteiger partial charge in [0.2, 0.25) is 29.1 Å². The van der Waals surface area contributed by atoms with Crippen molar-refractivity contribution in [2.24, 2.45) is 0 Å². The van der Waals surface area contributed by atoms with Crippen LogP contribution < -0.4 is 4.74 Å². The highest BCUT2D eigenvalue weighted by Crippen LogP contribution is 2.41. The molecule has 0 amide bonds. The first-order chi connectivity index (χ1) is 12.3. The topological polar surface area (TPSA) is 12.5 Å². The van der Waals surface area contributed by atoms with Gasteiger partial charge in [0.15, 0.2) is 5.75 Å². The number of halogens is 6. The zero-order valence-electron chi connectivity index (χ0n) is 13.8. The first kappa shape index (κ1) is 18.6. The first-order valence-corrected chi connectivity index (χ1v) is 7.91. The fourth-order valence-corrected chi connectivity index (χ4v) is 3.11. The van der Waals surface area contributed by atoms with Gasteiger partial charge < -0.3 is 9.64 Å². The molecule has 3 rings (SSSR count). The van der Waals surface area contributed by atoms with Gasteiger partial charge in [-0.15, -0.1) is 0 Å². The smallest absolute Gasteiger partial charge is 0.207 e. The Labute approximate surface area is 146 Å². The van der Waals surface area contributed by atoms with Gasteiger partial charge >= 0.3 is 0 Å². The fraction of sp³-hybridized carbons (Fsp3) is 0.333. The Hall–Kier alpha value is -2.22. The molecule has 0 saturated carbocycles. The number of likely N-dealkylation sites (tertiary alicyclic amines) is 1. The summed E-state index contributed by atoms with van der Waals surface area (Å²) < 4.78 is 88.1. The van der Waals surface area contributed by atoms with Crippen molar-refractivity contribution in [3.8, 4) is 5.75 Å². The monoisotopic (exact) mass is 375 g/mol. The van der Waals surface area contributed by atoms with Gasteiger partial charge in [0, 0.05) is 31.5 Å². The molecule has 2 aromatic rings. The van der Waals surface area contributed by atoms with Crippen LogP contribution in [-0.4, -0.2) is 25.0 Å². The lowest BCUT2D eigenvalue weighted by Crippen LogP contribution is -2.45. The quantitative estimate of drug-likeness (QED) is 0.444. The largest absolute Gasteiger partial charge is 0.476 e. The summed E-state index contributed by atoms with van der Waals surface area (Å²) in [5.74, 6) is -12.7. The number of nitrogens with zero attached hydrogens (tertiary/aromatic N) is 1. The van der Waals surface area contributed by atoms with Crippen molar-refractivity contribution in [2.45, 2.75) is 18.4 Å². The van der Waals surface area contributed by atoms with E-state index in [2.05, 4.69) is 0 Å². The summed E-state index contributed by atoms with van der Waals surface area (Å²) in [6.45, 7) is 0.785. The van der Waals surface area contributed by atoms with Crippen LogP contribution in [0.4, 0.5) is 26.3 Å². The third kappa shape index (κ3) is 3.02. The molecule has 2 aromatic carbocycles. The Bertz CT molecular complexity index is 804. The van der Waals surface area contributed by atoms with E-state index in [1.165, 1.54) is 18.2 Å². The van der Waals surface area contributed by atoms with E-state index < -0.39 is 46.3 Å². The Morgan fingerprint density at radius 2 is 1.31 bits per heavy atom. The summed E-state index contributed by atoms with van der Waals surface area (Å²) in [6, 6.07) is 5.48. The van der Waals surface area contributed by atoms with Crippen LogP contribution >= 0.6 is 0 Å². The number of ether oxygens (including phenoxy) is 1. The molecule has 0 atom stereocenters. The van der Waals surface area contributed by atoms with E-state index in [4.69, 9.17) is 4.74 Å². The minimum atomic E-state index is -2.27. The molecule has 1 saturated heterocycles. The maximum atomic E-state index is 14.4. The predicted molar refractivity (Wildman–Crippen MR) is 81.7 cm³/mol. The van der Waals surface area contributed by atoms with E-state index in [-0.39, 0.29) is 18.4 Å². The molecule has 1 heterocycles. The molecule has 0 aliphatic carbocycles. The molecular formula is C18H15F6NO. The van der Waals surface area contributed by atoms with Gasteiger partial charge in [-0.05, 0) is 13.1 Å². The zero-order valence-corrected chi connectivity index (χ0v) is 13.8. The van der Waals surface area contributed by atoms with Crippen LogP contribution in [0.3, 0.4) is 0 Å². The van der Waals surface area contributed by atoms with Gasteiger partial charge in [-0.2, -0.15) is 8.78 Å². The summed E-state index contributed by atoms with van der Waals surface area (Å²) in [5.41, 5.74) is -1.53. The molecule has 1 fully saturated rings. The molecule has 0 bridgehead atoms. The molecule has 0 N–H and O–H groups in total. The van der Waals surface area contributed by atoms with E-state index in [9.17, 15) is 26.3 Å². The molecule has 2 nitrogen and oxygen atoms in total. The predicted octanol–water partition coefficient (Wildman–Crippen LogP) is 4.52. The lowest BCUT2D eigenvalue weighted by molar-refractivity contribution is -0.00649. The molecule has 0 aromatic heterocycles. The summed E-state index contributed by atoms with van der Waals surface area (Å²) >= 11 is 0. The van der Waals surface area contributed by atoms with Crippen molar-refractivity contribution in [3.05, 3.63) is 64.7 Å². The lowest BCUT2D eigenvalue weighted by Gasteiger charge is -2.41. The number of piperidine rings is 1. The fourth-order valence-electron chi connectivity index (χ4n) is 3.11. The lowest BCUT2D eigenvalue weighted by atomic mass is 9.83. The molecular weight excluding hydrogens is 360 g/mol. The van der Waals surface area contributed by atoms with Gasteiger partial charge in [-0.1, -0.05) is 18.2 Å². The molecule has 26 heavy (non-hydrogen) atoms. The summed E-state index contributed by atoms with van der Waals surface area (Å²) in [5, 5.41) is 0. The third-order valence-corrected chi connectivity index (χ3v) is 4.63. The Morgan fingerprint density at radius 1 is 0.808 bits per heavy atom. The molecule has 0 radical (unpaired) electrons. The van der Waals surface area contributed by atoms with Crippen LogP contribution in [0.25, 0.3) is 0 Å². The van der Waals surface area contributed by atoms with Crippen LogP contribution in [-0.2, 0) is 5.60 Å². The molecule has 0 spiro atoms. The van der Waals surface area contributed by atoms with Crippen LogP contribution in [0.2, 0.25) is 0 Å². The second-order valence-electron chi connectivity index (χ2n) is 6.28. The molecule has 1 aliphatic heterocycles. The SMILES string of the molecule is CN1CCC(Oc2c(F)c(F)c(F)c(F)c2F)(c2ccccc2F)CC1. The number of rotatable bonds is 3. The summed E-state index contributed by atoms with van der Waals surface area (Å²) in [4.78, 5) is 1.89. The van der Waals surface area contributed by atoms with Gasteiger partial charge in [-0.25, -0.2) is 17.6 Å². The third-order valence-electron chi connectivity index (χ3n) is 4.63. The van der Waals surface area contributed by atoms with E-state index in [0.29, 0.717) is 13.1 Å². The number of benzene rings is 2. The van der Waals surface area contributed by atoms with Crippen LogP contribution in [0.5, 0.6) is 5.75 Å². The van der Waals surface area contributed by atoms with Crippen molar-refractivity contribution in [2.75, 3.05) is 20.1 Å². The first-order valence-electron chi connectivity index (χ1n) is 7.91. The molecule has 0 unspecified atom stereocenters. The van der Waals surface area contributed by atoms with Crippen molar-refractivity contribution < 1.29 is 31.1 Å². The Balaban J connectivity index is 2.13. The zero-order chi connectivity index (χ0) is 19.1. The van der Waals surface area contributed by atoms with Crippen LogP contribution in [0, 0.1) is 34.9 Å². The number of hydrogen-bond acceptors (Lipinski definition) is 2. The maximum absolute atomic E-state index is 14.4. The molecule has 1 aliphatic rings. The highest BCUT2D eigenvalue weighted by Gasteiger charge is 2.42. The van der Waals surface area contributed by atoms with E-state index >= 15 is 0 Å². The normalized spacial score (nSPS) is 17.3. The van der Waals surface area contributed by atoms with Crippen molar-refractivity contribution in [3.63, 3.8) is 0 Å². The van der Waals surface area contributed by atoms with E-state index in [1.807, 2.05) is 4.90 Å². The van der Waals surface area contributed by atoms with Crippen molar-refractivity contribution in [1.82, 2.24) is 4.90 Å². The Kier molecular flexibility index (Phi) is 4.88. The second-order valence-corrected chi connectivity index (χ2v) is 6.28. The molecule has 8 heteroatoms. The van der Waals surface area contributed by atoms with Gasteiger partial charge in [0.05, 0.1) is 0 Å². The average Bonchev–Trinajstić information content (AvgIpc) is 2.64. The summed E-state index contributed by atoms with van der Waals surface area (Å²) in [7, 11) is 1.80. The second kappa shape index (κ2) is 6.83. The van der Waals surface area contributed by atoms with Gasteiger partial charge in [-0.3, -0.25) is 0 Å². The highest BCUT2D eigenvalue weighted by molar-refractivity contribution is 5.33. The summed E-state index contributed by atoms with van der Waals surface area (Å²) in [6.07, 6.45) is 0.230. The highest BCUT2D eigenvalue weighted by atomic mass is 19.2. The van der Waals surface area contributed by atoms with Crippen molar-refractivity contribution in [1.29, 1.82) is 0 Å². The van der Waals surface area contributed by atoms with Gasteiger partial charge in [0.1, 0.15) is 11.4 Å². The van der Waals surface area contributed by atoms with Crippen LogP contribution in [0.1, 0.15) is 18.4 Å². The van der Waals surface area contributed by atoms with Crippen molar-refractivity contribution >= 4 is 0 Å². The van der Waals surface area contributed by atoms with Crippen LogP contribution in [0.15, 0.2) is 24.3 Å². The number of hydrogen-bond donors (Lipinski definition) is 0. The van der Waals surface area contributed by atoms with E-state index in [1.54, 1.807) is 7.05 Å². The maximum Gasteiger partial charge on any atom is 0.207 e. The standard InChI is InChI=1S/C18H15F6NO/c1-25-8-6-18(7-9-25,10-4-2-3-5-11(10)19)26-17-15(23)13(21)12(20)14(22)16(17)24/h2-5H,6-9H2,1H3. The minimum Gasteiger partial charge on any atom is -0.476 e.